The number of fused-ring (bicyclic) bond motifs is 1. The number of rotatable bonds is 5. The maximum Gasteiger partial charge on any atom is 0.338 e. The number of para-hydroxylation sites is 1. The molecule has 0 aliphatic heterocycles. The molecule has 0 unspecified atom stereocenters. The standard InChI is InChI=1S/C21H16N4O3S/c1-2-28-21(27)13-7-9-14(10-8-13)24-19(26)17-18(23-12-11-22-17)20-25-15-5-3-4-6-16(15)29-20/h3-12H,2H2,1H3,(H,24,26). The molecule has 2 aromatic carbocycles. The average molecular weight is 404 g/mol. The molecule has 1 amide bonds. The summed E-state index contributed by atoms with van der Waals surface area (Å²) >= 11 is 1.45. The average Bonchev–Trinajstić information content (AvgIpc) is 3.18. The van der Waals surface area contributed by atoms with Crippen molar-refractivity contribution in [1.29, 1.82) is 0 Å². The molecule has 0 spiro atoms. The zero-order valence-electron chi connectivity index (χ0n) is 15.5. The van der Waals surface area contributed by atoms with E-state index >= 15 is 0 Å². The maximum absolute atomic E-state index is 12.8. The number of benzene rings is 2. The summed E-state index contributed by atoms with van der Waals surface area (Å²) in [5.41, 5.74) is 2.40. The third-order valence-electron chi connectivity index (χ3n) is 4.06. The van der Waals surface area contributed by atoms with Crippen LogP contribution < -0.4 is 5.32 Å². The van der Waals surface area contributed by atoms with Crippen LogP contribution in [0.5, 0.6) is 0 Å². The largest absolute Gasteiger partial charge is 0.462 e. The molecule has 0 radical (unpaired) electrons. The number of thiazole rings is 1. The van der Waals surface area contributed by atoms with Gasteiger partial charge in [-0.25, -0.2) is 19.7 Å². The van der Waals surface area contributed by atoms with E-state index in [-0.39, 0.29) is 5.69 Å². The number of hydrogen-bond donors (Lipinski definition) is 1. The van der Waals surface area contributed by atoms with Gasteiger partial charge in [0.25, 0.3) is 5.91 Å². The highest BCUT2D eigenvalue weighted by molar-refractivity contribution is 7.21. The summed E-state index contributed by atoms with van der Waals surface area (Å²) in [5, 5.41) is 3.41. The van der Waals surface area contributed by atoms with Gasteiger partial charge in [0.05, 0.1) is 22.4 Å². The summed E-state index contributed by atoms with van der Waals surface area (Å²) in [7, 11) is 0. The number of amides is 1. The molecule has 8 heteroatoms. The van der Waals surface area contributed by atoms with Crippen molar-refractivity contribution >= 4 is 39.1 Å². The van der Waals surface area contributed by atoms with Crippen LogP contribution in [0, 0.1) is 0 Å². The second kappa shape index (κ2) is 8.15. The van der Waals surface area contributed by atoms with Crippen LogP contribution in [-0.2, 0) is 4.74 Å². The van der Waals surface area contributed by atoms with Crippen molar-refractivity contribution in [3.8, 4) is 10.7 Å². The lowest BCUT2D eigenvalue weighted by molar-refractivity contribution is 0.0526. The Bertz CT molecular complexity index is 1150. The van der Waals surface area contributed by atoms with Crippen LogP contribution in [-0.4, -0.2) is 33.4 Å². The Hall–Kier alpha value is -3.65. The lowest BCUT2D eigenvalue weighted by Gasteiger charge is -2.08. The number of carbonyl (C=O) groups excluding carboxylic acids is 2. The van der Waals surface area contributed by atoms with E-state index in [0.29, 0.717) is 28.6 Å². The molecule has 7 nitrogen and oxygen atoms in total. The monoisotopic (exact) mass is 404 g/mol. The van der Waals surface area contributed by atoms with Gasteiger partial charge in [0.1, 0.15) is 10.7 Å². The molecule has 29 heavy (non-hydrogen) atoms. The number of ether oxygens (including phenoxy) is 1. The van der Waals surface area contributed by atoms with Crippen molar-refractivity contribution in [2.45, 2.75) is 6.92 Å². The molecule has 2 heterocycles. The predicted molar refractivity (Wildman–Crippen MR) is 111 cm³/mol. The van der Waals surface area contributed by atoms with Crippen molar-refractivity contribution in [2.75, 3.05) is 11.9 Å². The van der Waals surface area contributed by atoms with Crippen LogP contribution in [0.1, 0.15) is 27.8 Å². The van der Waals surface area contributed by atoms with Crippen LogP contribution in [0.2, 0.25) is 0 Å². The van der Waals surface area contributed by atoms with Crippen LogP contribution in [0.15, 0.2) is 60.9 Å². The summed E-state index contributed by atoms with van der Waals surface area (Å²) in [5.74, 6) is -0.811. The Balaban J connectivity index is 1.59. The van der Waals surface area contributed by atoms with Crippen molar-refractivity contribution < 1.29 is 14.3 Å². The van der Waals surface area contributed by atoms with Gasteiger partial charge in [-0.05, 0) is 43.3 Å². The Morgan fingerprint density at radius 3 is 2.55 bits per heavy atom. The summed E-state index contributed by atoms with van der Waals surface area (Å²) in [6.45, 7) is 2.05. The Labute approximate surface area is 170 Å². The molecule has 0 bridgehead atoms. The first kappa shape index (κ1) is 18.7. The second-order valence-electron chi connectivity index (χ2n) is 5.99. The van der Waals surface area contributed by atoms with E-state index in [1.165, 1.54) is 23.7 Å². The fraction of sp³-hybridized carbons (Fsp3) is 0.0952. The number of anilines is 1. The SMILES string of the molecule is CCOC(=O)c1ccc(NC(=O)c2nccnc2-c2nc3ccccc3s2)cc1. The number of carbonyl (C=O) groups is 2. The van der Waals surface area contributed by atoms with E-state index in [0.717, 1.165) is 10.2 Å². The lowest BCUT2D eigenvalue weighted by atomic mass is 10.2. The molecule has 144 valence electrons. The third kappa shape index (κ3) is 3.97. The highest BCUT2D eigenvalue weighted by Gasteiger charge is 2.19. The number of hydrogen-bond acceptors (Lipinski definition) is 7. The predicted octanol–water partition coefficient (Wildman–Crippen LogP) is 4.18. The quantitative estimate of drug-likeness (QED) is 0.502. The van der Waals surface area contributed by atoms with Gasteiger partial charge in [-0.1, -0.05) is 12.1 Å². The van der Waals surface area contributed by atoms with Gasteiger partial charge in [0, 0.05) is 18.1 Å². The van der Waals surface area contributed by atoms with Gasteiger partial charge in [0.15, 0.2) is 5.69 Å². The van der Waals surface area contributed by atoms with Crippen LogP contribution in [0.4, 0.5) is 5.69 Å². The van der Waals surface area contributed by atoms with E-state index in [1.807, 2.05) is 24.3 Å². The molecule has 4 aromatic rings. The first-order valence-electron chi connectivity index (χ1n) is 8.91. The number of esters is 1. The Morgan fingerprint density at radius 2 is 1.79 bits per heavy atom. The molecule has 2 aromatic heterocycles. The third-order valence-corrected chi connectivity index (χ3v) is 5.11. The molecule has 4 rings (SSSR count). The Morgan fingerprint density at radius 1 is 1.03 bits per heavy atom. The summed E-state index contributed by atoms with van der Waals surface area (Å²) in [6.07, 6.45) is 3.00. The molecule has 0 saturated carbocycles. The topological polar surface area (TPSA) is 94.1 Å². The van der Waals surface area contributed by atoms with Gasteiger partial charge < -0.3 is 10.1 Å². The van der Waals surface area contributed by atoms with Crippen LogP contribution in [0.25, 0.3) is 20.9 Å². The molecular formula is C21H16N4O3S. The minimum absolute atomic E-state index is 0.182. The maximum atomic E-state index is 12.8. The molecule has 0 fully saturated rings. The highest BCUT2D eigenvalue weighted by Crippen LogP contribution is 2.30. The Kier molecular flexibility index (Phi) is 5.26. The van der Waals surface area contributed by atoms with Gasteiger partial charge in [0.2, 0.25) is 0 Å². The number of aromatic nitrogens is 3. The second-order valence-corrected chi connectivity index (χ2v) is 7.02. The van der Waals surface area contributed by atoms with E-state index in [2.05, 4.69) is 20.3 Å². The zero-order chi connectivity index (χ0) is 20.2. The van der Waals surface area contributed by atoms with Crippen molar-refractivity contribution in [2.24, 2.45) is 0 Å². The van der Waals surface area contributed by atoms with Gasteiger partial charge in [-0.3, -0.25) is 4.79 Å². The highest BCUT2D eigenvalue weighted by atomic mass is 32.1. The van der Waals surface area contributed by atoms with Gasteiger partial charge in [-0.15, -0.1) is 11.3 Å². The van der Waals surface area contributed by atoms with Crippen LogP contribution in [0.3, 0.4) is 0 Å². The normalized spacial score (nSPS) is 10.7. The summed E-state index contributed by atoms with van der Waals surface area (Å²) < 4.78 is 5.97. The van der Waals surface area contributed by atoms with E-state index < -0.39 is 11.9 Å². The zero-order valence-corrected chi connectivity index (χ0v) is 16.3. The molecule has 0 aliphatic carbocycles. The fourth-order valence-corrected chi connectivity index (χ4v) is 3.69. The van der Waals surface area contributed by atoms with Gasteiger partial charge >= 0.3 is 5.97 Å². The van der Waals surface area contributed by atoms with Crippen molar-refractivity contribution in [3.05, 3.63) is 72.2 Å². The molecule has 0 aliphatic rings. The minimum Gasteiger partial charge on any atom is -0.462 e. The molecule has 1 N–H and O–H groups in total. The number of nitrogens with one attached hydrogen (secondary N) is 1. The summed E-state index contributed by atoms with van der Waals surface area (Å²) in [6, 6.07) is 14.2. The first-order valence-corrected chi connectivity index (χ1v) is 9.73. The van der Waals surface area contributed by atoms with Gasteiger partial charge in [-0.2, -0.15) is 0 Å². The van der Waals surface area contributed by atoms with E-state index in [4.69, 9.17) is 4.74 Å². The number of nitrogens with zero attached hydrogens (tertiary/aromatic N) is 3. The molecular weight excluding hydrogens is 388 g/mol. The summed E-state index contributed by atoms with van der Waals surface area (Å²) in [4.78, 5) is 37.7. The smallest absolute Gasteiger partial charge is 0.338 e. The lowest BCUT2D eigenvalue weighted by Crippen LogP contribution is -2.16. The molecule has 0 saturated heterocycles. The van der Waals surface area contributed by atoms with E-state index in [9.17, 15) is 9.59 Å². The minimum atomic E-state index is -0.406. The van der Waals surface area contributed by atoms with Crippen molar-refractivity contribution in [3.63, 3.8) is 0 Å². The first-order chi connectivity index (χ1) is 14.2. The van der Waals surface area contributed by atoms with Crippen molar-refractivity contribution in [1.82, 2.24) is 15.0 Å². The fourth-order valence-electron chi connectivity index (χ4n) is 2.73. The van der Waals surface area contributed by atoms with Crippen LogP contribution >= 0.6 is 11.3 Å². The molecule has 0 atom stereocenters. The van der Waals surface area contributed by atoms with E-state index in [1.54, 1.807) is 31.2 Å².